The van der Waals surface area contributed by atoms with Crippen LogP contribution in [0.15, 0.2) is 37.0 Å². The number of alkyl halides is 2. The number of carbonyl (C=O) groups excluding carboxylic acids is 12. The van der Waals surface area contributed by atoms with E-state index in [0.29, 0.717) is 32.4 Å². The molecule has 106 heavy (non-hydrogen) atoms. The fourth-order valence-corrected chi connectivity index (χ4v) is 13.5. The van der Waals surface area contributed by atoms with E-state index in [-0.39, 0.29) is 94.1 Å². The topological polar surface area (TPSA) is 320 Å². The smallest absolute Gasteiger partial charge is 0.261 e. The van der Waals surface area contributed by atoms with Crippen molar-refractivity contribution in [3.05, 3.63) is 37.0 Å². The number of halogens is 2. The van der Waals surface area contributed by atoms with E-state index in [2.05, 4.69) is 33.2 Å². The monoisotopic (exact) mass is 1500 g/mol. The van der Waals surface area contributed by atoms with Crippen LogP contribution in [0, 0.1) is 35.5 Å². The third-order valence-electron chi connectivity index (χ3n) is 20.3. The molecule has 3 aliphatic rings. The predicted octanol–water partition coefficient (Wildman–Crippen LogP) is 4.90. The number of hydrogen-bond acceptors (Lipinski definition) is 15. The van der Waals surface area contributed by atoms with Crippen LogP contribution in [0.2, 0.25) is 0 Å². The first-order chi connectivity index (χ1) is 49.5. The Labute approximate surface area is 629 Å². The van der Waals surface area contributed by atoms with Gasteiger partial charge in [0.2, 0.25) is 70.9 Å². The van der Waals surface area contributed by atoms with E-state index in [1.165, 1.54) is 80.8 Å². The minimum absolute atomic E-state index is 0.00416. The second-order valence-electron chi connectivity index (χ2n) is 31.7. The molecule has 3 rings (SSSR count). The molecule has 3 fully saturated rings. The maximum Gasteiger partial charge on any atom is 0.261 e. The van der Waals surface area contributed by atoms with Gasteiger partial charge in [-0.1, -0.05) is 126 Å². The summed E-state index contributed by atoms with van der Waals surface area (Å²) >= 11 is 0. The summed E-state index contributed by atoms with van der Waals surface area (Å²) in [7, 11) is 9.84. The number of likely N-dealkylation sites (tertiary alicyclic amines) is 1. The van der Waals surface area contributed by atoms with Gasteiger partial charge >= 0.3 is 0 Å². The van der Waals surface area contributed by atoms with Crippen molar-refractivity contribution in [2.24, 2.45) is 35.5 Å². The van der Waals surface area contributed by atoms with Crippen molar-refractivity contribution in [2.45, 2.75) is 258 Å². The summed E-state index contributed by atoms with van der Waals surface area (Å²) in [6.07, 6.45) is 8.21. The fourth-order valence-electron chi connectivity index (χ4n) is 13.5. The number of hydrogen-bond donors (Lipinski definition) is 6. The summed E-state index contributed by atoms with van der Waals surface area (Å²) in [5.74, 6) is -13.4. The van der Waals surface area contributed by atoms with Crippen LogP contribution in [0.1, 0.15) is 180 Å². The Morgan fingerprint density at radius 1 is 0.528 bits per heavy atom. The predicted molar refractivity (Wildman–Crippen MR) is 403 cm³/mol. The standard InChI is InChI=1S/C77H131F2N13O14/c1-22-24-25-26-28-32-57-73(102)89(19)60(39-49(7)8)68(97)82-56(45-106-44-54-43-77(78,79)46-80-54)71(100)88(18)61(40-50(9)10)70(99)84-66(53(14)93)76(105)91(21)62(41-51(11)12)74(103)90(20)59(38-48(5)6)67(96)81-55(72(101)92-35-29-27-30-36-92)42-64(95)85(15)34-31-33-63(94)86(16)58(37-47(3)4)69(98)83-65(52(13)23-2)75(104)87(57)17/h22,24-26,28,47-62,65-66,80,93H,1,23,27,29-46H2,2-21H3,(H,81,96)(H,82,97)(H,83,98)(H,84,99)/b25-24-,28-26+/t52?,53?,54-,55?,56-,57-,58-,59-,60?,61-,62-,65-,66?/m0/s1. The van der Waals surface area contributed by atoms with Crippen molar-refractivity contribution >= 4 is 70.9 Å². The molecule has 6 N–H and O–H groups in total. The number of aliphatic hydroxyl groups excluding tert-OH is 1. The number of carbonyl (C=O) groups is 12. The lowest BCUT2D eigenvalue weighted by Crippen LogP contribution is -2.63. The number of ether oxygens (including phenoxy) is 1. The number of rotatable bonds is 22. The van der Waals surface area contributed by atoms with Crippen molar-refractivity contribution in [1.29, 1.82) is 0 Å². The highest BCUT2D eigenvalue weighted by Gasteiger charge is 2.46. The zero-order chi connectivity index (χ0) is 80.4. The zero-order valence-corrected chi connectivity index (χ0v) is 67.2. The normalized spacial score (nSPS) is 27.1. The Balaban J connectivity index is 2.40. The Morgan fingerprint density at radius 2 is 0.972 bits per heavy atom. The molecule has 29 heteroatoms. The lowest BCUT2D eigenvalue weighted by molar-refractivity contribution is -0.152. The highest BCUT2D eigenvalue weighted by Crippen LogP contribution is 2.27. The molecular formula is C77H131F2N13O14. The van der Waals surface area contributed by atoms with E-state index in [0.717, 1.165) is 16.2 Å². The van der Waals surface area contributed by atoms with Crippen LogP contribution in [0.25, 0.3) is 0 Å². The van der Waals surface area contributed by atoms with Gasteiger partial charge in [-0.3, -0.25) is 57.5 Å². The molecule has 0 aromatic heterocycles. The highest BCUT2D eigenvalue weighted by atomic mass is 19.3. The van der Waals surface area contributed by atoms with Crippen molar-refractivity contribution in [3.63, 3.8) is 0 Å². The van der Waals surface area contributed by atoms with E-state index in [1.54, 1.807) is 56.1 Å². The van der Waals surface area contributed by atoms with Crippen LogP contribution in [0.3, 0.4) is 0 Å². The van der Waals surface area contributed by atoms with E-state index < -0.39 is 181 Å². The van der Waals surface area contributed by atoms with Crippen molar-refractivity contribution in [2.75, 3.05) is 88.7 Å². The highest BCUT2D eigenvalue weighted by molar-refractivity contribution is 6.00. The Bertz CT molecular complexity index is 3010. The number of allylic oxidation sites excluding steroid dienone is 4. The molecule has 5 unspecified atom stereocenters. The average molecular weight is 1500 g/mol. The van der Waals surface area contributed by atoms with Gasteiger partial charge in [-0.15, -0.1) is 0 Å². The molecule has 0 aromatic rings. The molecule has 12 amide bonds. The van der Waals surface area contributed by atoms with Gasteiger partial charge < -0.3 is 75.6 Å². The molecule has 0 saturated carbocycles. The first kappa shape index (κ1) is 92.8. The van der Waals surface area contributed by atoms with Crippen LogP contribution >= 0.6 is 0 Å². The summed E-state index contributed by atoms with van der Waals surface area (Å²) in [6, 6.07) is -14.8. The number of piperidine rings is 1. The van der Waals surface area contributed by atoms with Crippen molar-refractivity contribution < 1.29 is 76.2 Å². The van der Waals surface area contributed by atoms with E-state index in [4.69, 9.17) is 4.74 Å². The Hall–Kier alpha value is -7.40. The van der Waals surface area contributed by atoms with E-state index in [1.807, 2.05) is 62.3 Å². The fraction of sp³-hybridized carbons (Fsp3) is 0.766. The molecule has 13 atom stereocenters. The average Bonchev–Trinajstić information content (AvgIpc) is 0.939. The second kappa shape index (κ2) is 44.2. The van der Waals surface area contributed by atoms with Gasteiger partial charge in [-0.25, -0.2) is 8.78 Å². The van der Waals surface area contributed by atoms with E-state index >= 15 is 33.6 Å². The molecule has 3 heterocycles. The van der Waals surface area contributed by atoms with Crippen LogP contribution in [0.5, 0.6) is 0 Å². The van der Waals surface area contributed by atoms with Crippen LogP contribution in [-0.2, 0) is 62.3 Å². The van der Waals surface area contributed by atoms with Gasteiger partial charge in [0.25, 0.3) is 5.92 Å². The van der Waals surface area contributed by atoms with Gasteiger partial charge in [-0.2, -0.15) is 0 Å². The molecule has 602 valence electrons. The maximum absolute atomic E-state index is 15.5. The summed E-state index contributed by atoms with van der Waals surface area (Å²) in [5.41, 5.74) is 0. The second-order valence-corrected chi connectivity index (χ2v) is 31.7. The third-order valence-corrected chi connectivity index (χ3v) is 20.3. The molecule has 0 aromatic carbocycles. The zero-order valence-electron chi connectivity index (χ0n) is 67.2. The van der Waals surface area contributed by atoms with Crippen molar-refractivity contribution in [1.82, 2.24) is 65.8 Å². The lowest BCUT2D eigenvalue weighted by Gasteiger charge is -2.38. The quantitative estimate of drug-likeness (QED) is 0.0786. The first-order valence-corrected chi connectivity index (χ1v) is 38.2. The molecule has 3 aliphatic heterocycles. The van der Waals surface area contributed by atoms with Gasteiger partial charge in [0, 0.05) is 87.9 Å². The molecular weight excluding hydrogens is 1370 g/mol. The molecule has 3 saturated heterocycles. The molecule has 0 bridgehead atoms. The van der Waals surface area contributed by atoms with Gasteiger partial charge in [0.1, 0.15) is 60.4 Å². The van der Waals surface area contributed by atoms with Crippen LogP contribution in [-0.4, -0.2) is 282 Å². The van der Waals surface area contributed by atoms with Crippen molar-refractivity contribution in [3.8, 4) is 0 Å². The summed E-state index contributed by atoms with van der Waals surface area (Å²) in [5, 5.41) is 25.4. The van der Waals surface area contributed by atoms with Gasteiger partial charge in [0.15, 0.2) is 0 Å². The minimum atomic E-state index is -3.05. The summed E-state index contributed by atoms with van der Waals surface area (Å²) in [6.45, 7) is 26.0. The number of aliphatic hydroxyl groups is 1. The number of amides is 12. The summed E-state index contributed by atoms with van der Waals surface area (Å²) in [4.78, 5) is 190. The summed E-state index contributed by atoms with van der Waals surface area (Å²) < 4.78 is 35.0. The number of likely N-dealkylation sites (N-methyl/N-ethyl adjacent to an activating group) is 6. The SMILES string of the molecule is C=C/C=C\C=C\C[C@H]1C(=O)N(C)C(CC(C)C)C(=O)N[C@@H](COC[C@@H]2CC(F)(F)CN2)C(=O)N(C)[C@@H](CC(C)C)C(=O)NC(C(C)O)C(=O)N(C)[C@@H](CC(C)C)C(=O)N(C)[C@@H](CC(C)C)C(=O)NC(C(=O)N2CCCCC2)CC(=O)N(C)CCCC(=O)N(C)[C@@H](CC(C)C)C(=O)N[C@@H](C(C)CC)C(=O)N1C. The largest absolute Gasteiger partial charge is 0.391 e. The molecule has 27 nitrogen and oxygen atoms in total. The number of nitrogens with zero attached hydrogens (tertiary/aromatic N) is 8. The van der Waals surface area contributed by atoms with Gasteiger partial charge in [-0.05, 0) is 107 Å². The van der Waals surface area contributed by atoms with Crippen LogP contribution in [0.4, 0.5) is 8.78 Å². The molecule has 0 radical (unpaired) electrons. The molecule has 0 aliphatic carbocycles. The van der Waals surface area contributed by atoms with Gasteiger partial charge in [0.05, 0.1) is 32.3 Å². The minimum Gasteiger partial charge on any atom is -0.391 e. The maximum atomic E-state index is 15.5. The molecule has 0 spiro atoms. The Kier molecular flexibility index (Phi) is 38.7. The van der Waals surface area contributed by atoms with Crippen LogP contribution < -0.4 is 26.6 Å². The first-order valence-electron chi connectivity index (χ1n) is 38.2. The lowest BCUT2D eigenvalue weighted by atomic mass is 9.95. The van der Waals surface area contributed by atoms with E-state index in [9.17, 15) is 37.9 Å². The number of nitrogens with one attached hydrogen (secondary N) is 5. The third kappa shape index (κ3) is 28.3. The Morgan fingerprint density at radius 3 is 1.45 bits per heavy atom.